The minimum atomic E-state index is 0.444. The lowest BCUT2D eigenvalue weighted by atomic mass is 10.3. The van der Waals surface area contributed by atoms with Gasteiger partial charge in [0, 0.05) is 11.6 Å². The number of aromatic nitrogens is 2. The summed E-state index contributed by atoms with van der Waals surface area (Å²) in [5.41, 5.74) is 2.13. The zero-order chi connectivity index (χ0) is 19.9. The van der Waals surface area contributed by atoms with Gasteiger partial charge in [0.1, 0.15) is 23.9 Å². The molecule has 4 aromatic rings. The molecule has 0 radical (unpaired) electrons. The van der Waals surface area contributed by atoms with Crippen LogP contribution >= 0.6 is 11.6 Å². The number of unbranched alkanes of at least 4 members (excludes halogenated alkanes) is 1. The molecule has 3 aromatic carbocycles. The van der Waals surface area contributed by atoms with Gasteiger partial charge in [0.05, 0.1) is 17.6 Å². The molecule has 4 nitrogen and oxygen atoms in total. The highest BCUT2D eigenvalue weighted by atomic mass is 35.5. The molecule has 4 rings (SSSR count). The number of rotatable bonds is 9. The molecule has 0 aliphatic carbocycles. The summed E-state index contributed by atoms with van der Waals surface area (Å²) in [6, 6.07) is 25.5. The number of para-hydroxylation sites is 3. The van der Waals surface area contributed by atoms with E-state index in [-0.39, 0.29) is 0 Å². The van der Waals surface area contributed by atoms with Crippen molar-refractivity contribution in [1.82, 2.24) is 9.55 Å². The molecule has 0 atom stereocenters. The molecule has 0 N–H and O–H groups in total. The first-order valence-corrected chi connectivity index (χ1v) is 10.2. The van der Waals surface area contributed by atoms with Crippen LogP contribution in [0.3, 0.4) is 0 Å². The van der Waals surface area contributed by atoms with Crippen LogP contribution in [-0.4, -0.2) is 16.2 Å². The van der Waals surface area contributed by atoms with E-state index in [2.05, 4.69) is 10.6 Å². The van der Waals surface area contributed by atoms with E-state index in [9.17, 15) is 0 Å². The van der Waals surface area contributed by atoms with Gasteiger partial charge in [-0.15, -0.1) is 0 Å². The highest BCUT2D eigenvalue weighted by Gasteiger charge is 2.11. The highest BCUT2D eigenvalue weighted by Crippen LogP contribution is 2.20. The highest BCUT2D eigenvalue weighted by molar-refractivity contribution is 6.30. The molecule has 0 saturated heterocycles. The summed E-state index contributed by atoms with van der Waals surface area (Å²) in [6.07, 6.45) is 1.94. The molecule has 0 aliphatic rings. The Morgan fingerprint density at radius 1 is 0.759 bits per heavy atom. The summed E-state index contributed by atoms with van der Waals surface area (Å²) in [5, 5.41) is 0.717. The second kappa shape index (κ2) is 9.48. The summed E-state index contributed by atoms with van der Waals surface area (Å²) in [7, 11) is 0. The second-order valence-electron chi connectivity index (χ2n) is 6.78. The molecule has 0 spiro atoms. The average Bonchev–Trinajstić information content (AvgIpc) is 3.12. The van der Waals surface area contributed by atoms with E-state index in [1.807, 2.05) is 72.8 Å². The number of fused-ring (bicyclic) bond motifs is 1. The molecule has 1 heterocycles. The molecule has 29 heavy (non-hydrogen) atoms. The van der Waals surface area contributed by atoms with Crippen molar-refractivity contribution < 1.29 is 9.47 Å². The fraction of sp³-hybridized carbons (Fsp3) is 0.208. The summed E-state index contributed by atoms with van der Waals surface area (Å²) in [5.74, 6) is 2.63. The Labute approximate surface area is 175 Å². The van der Waals surface area contributed by atoms with Crippen LogP contribution in [0.15, 0.2) is 78.9 Å². The fourth-order valence-corrected chi connectivity index (χ4v) is 3.37. The standard InChI is InChI=1S/C24H23ClN2O2/c25-19-12-14-21(15-13-19)28-17-7-6-16-27-23-11-5-4-10-22(23)26-24(27)18-29-20-8-2-1-3-9-20/h1-5,8-15H,6-7,16-18H2. The molecule has 0 unspecified atom stereocenters. The molecule has 1 aromatic heterocycles. The molecule has 0 amide bonds. The Bertz CT molecular complexity index is 1050. The lowest BCUT2D eigenvalue weighted by molar-refractivity contribution is 0.285. The molecular formula is C24H23ClN2O2. The Balaban J connectivity index is 1.37. The predicted octanol–water partition coefficient (Wildman–Crippen LogP) is 6.13. The first kappa shape index (κ1) is 19.3. The van der Waals surface area contributed by atoms with Crippen molar-refractivity contribution in [3.8, 4) is 11.5 Å². The SMILES string of the molecule is Clc1ccc(OCCCCn2c(COc3ccccc3)nc3ccccc32)cc1. The van der Waals surface area contributed by atoms with Crippen molar-refractivity contribution in [2.75, 3.05) is 6.61 Å². The van der Waals surface area contributed by atoms with Crippen LogP contribution in [0.25, 0.3) is 11.0 Å². The van der Waals surface area contributed by atoms with E-state index in [1.54, 1.807) is 0 Å². The smallest absolute Gasteiger partial charge is 0.147 e. The van der Waals surface area contributed by atoms with Crippen LogP contribution in [0.1, 0.15) is 18.7 Å². The van der Waals surface area contributed by atoms with Gasteiger partial charge in [-0.2, -0.15) is 0 Å². The van der Waals surface area contributed by atoms with Gasteiger partial charge in [-0.05, 0) is 61.4 Å². The van der Waals surface area contributed by atoms with Crippen LogP contribution in [0.5, 0.6) is 11.5 Å². The van der Waals surface area contributed by atoms with E-state index in [0.717, 1.165) is 52.8 Å². The van der Waals surface area contributed by atoms with E-state index in [4.69, 9.17) is 26.1 Å². The molecule has 5 heteroatoms. The van der Waals surface area contributed by atoms with E-state index >= 15 is 0 Å². The maximum Gasteiger partial charge on any atom is 0.147 e. The topological polar surface area (TPSA) is 36.3 Å². The molecule has 0 aliphatic heterocycles. The van der Waals surface area contributed by atoms with Crippen LogP contribution in [0, 0.1) is 0 Å². The summed E-state index contributed by atoms with van der Waals surface area (Å²) in [4.78, 5) is 4.78. The van der Waals surface area contributed by atoms with E-state index in [1.165, 1.54) is 0 Å². The quantitative estimate of drug-likeness (QED) is 0.314. The van der Waals surface area contributed by atoms with Gasteiger partial charge in [0.25, 0.3) is 0 Å². The van der Waals surface area contributed by atoms with Crippen molar-refractivity contribution in [1.29, 1.82) is 0 Å². The third-order valence-corrected chi connectivity index (χ3v) is 4.96. The van der Waals surface area contributed by atoms with Gasteiger partial charge in [-0.1, -0.05) is 41.9 Å². The Morgan fingerprint density at radius 2 is 1.48 bits per heavy atom. The van der Waals surface area contributed by atoms with Crippen molar-refractivity contribution in [3.63, 3.8) is 0 Å². The van der Waals surface area contributed by atoms with Crippen LogP contribution in [-0.2, 0) is 13.2 Å². The summed E-state index contributed by atoms with van der Waals surface area (Å²) < 4.78 is 14.0. The number of halogens is 1. The second-order valence-corrected chi connectivity index (χ2v) is 7.22. The predicted molar refractivity (Wildman–Crippen MR) is 117 cm³/mol. The minimum absolute atomic E-state index is 0.444. The Morgan fingerprint density at radius 3 is 2.31 bits per heavy atom. The normalized spacial score (nSPS) is 10.9. The van der Waals surface area contributed by atoms with Crippen molar-refractivity contribution in [2.24, 2.45) is 0 Å². The maximum atomic E-state index is 5.94. The summed E-state index contributed by atoms with van der Waals surface area (Å²) >= 11 is 5.91. The van der Waals surface area contributed by atoms with Gasteiger partial charge in [-0.3, -0.25) is 0 Å². The molecule has 0 saturated carbocycles. The van der Waals surface area contributed by atoms with Crippen molar-refractivity contribution >= 4 is 22.6 Å². The van der Waals surface area contributed by atoms with Crippen molar-refractivity contribution in [3.05, 3.63) is 89.7 Å². The monoisotopic (exact) mass is 406 g/mol. The van der Waals surface area contributed by atoms with E-state index in [0.29, 0.717) is 13.2 Å². The lowest BCUT2D eigenvalue weighted by Crippen LogP contribution is -2.08. The Kier molecular flexibility index (Phi) is 6.32. The minimum Gasteiger partial charge on any atom is -0.494 e. The fourth-order valence-electron chi connectivity index (χ4n) is 3.24. The molecule has 0 fully saturated rings. The largest absolute Gasteiger partial charge is 0.494 e. The molecule has 148 valence electrons. The third kappa shape index (κ3) is 5.09. The lowest BCUT2D eigenvalue weighted by Gasteiger charge is -2.11. The van der Waals surface area contributed by atoms with Gasteiger partial charge >= 0.3 is 0 Å². The zero-order valence-corrected chi connectivity index (χ0v) is 16.9. The van der Waals surface area contributed by atoms with Crippen LogP contribution < -0.4 is 9.47 Å². The zero-order valence-electron chi connectivity index (χ0n) is 16.1. The number of imidazole rings is 1. The van der Waals surface area contributed by atoms with E-state index < -0.39 is 0 Å². The van der Waals surface area contributed by atoms with Gasteiger partial charge in [-0.25, -0.2) is 4.98 Å². The number of hydrogen-bond acceptors (Lipinski definition) is 3. The van der Waals surface area contributed by atoms with Gasteiger partial charge < -0.3 is 14.0 Å². The van der Waals surface area contributed by atoms with Crippen molar-refractivity contribution in [2.45, 2.75) is 26.0 Å². The number of ether oxygens (including phenoxy) is 2. The number of hydrogen-bond donors (Lipinski definition) is 0. The van der Waals surface area contributed by atoms with Gasteiger partial charge in [0.15, 0.2) is 0 Å². The van der Waals surface area contributed by atoms with Crippen LogP contribution in [0.4, 0.5) is 0 Å². The number of aryl methyl sites for hydroxylation is 1. The van der Waals surface area contributed by atoms with Gasteiger partial charge in [0.2, 0.25) is 0 Å². The average molecular weight is 407 g/mol. The molecule has 0 bridgehead atoms. The molecular weight excluding hydrogens is 384 g/mol. The first-order chi connectivity index (χ1) is 14.3. The first-order valence-electron chi connectivity index (χ1n) is 9.80. The Hall–Kier alpha value is -2.98. The van der Waals surface area contributed by atoms with Crippen LogP contribution in [0.2, 0.25) is 5.02 Å². The third-order valence-electron chi connectivity index (χ3n) is 4.70. The summed E-state index contributed by atoms with van der Waals surface area (Å²) in [6.45, 7) is 1.99. The number of nitrogens with zero attached hydrogens (tertiary/aromatic N) is 2. The maximum absolute atomic E-state index is 5.94. The number of benzene rings is 3.